The summed E-state index contributed by atoms with van der Waals surface area (Å²) in [6.07, 6.45) is 4.31. The molecule has 0 aromatic rings. The van der Waals surface area contributed by atoms with Crippen molar-refractivity contribution in [2.75, 3.05) is 13.7 Å². The average Bonchev–Trinajstić information content (AvgIpc) is 1.60. The molecule has 1 rings (SSSR count). The van der Waals surface area contributed by atoms with Gasteiger partial charge in [-0.3, -0.25) is 0 Å². The second-order valence-electron chi connectivity index (χ2n) is 3.12. The van der Waals surface area contributed by atoms with Crippen molar-refractivity contribution in [2.24, 2.45) is 11.8 Å². The first kappa shape index (κ1) is 7.07. The molecule has 0 bridgehead atoms. The lowest BCUT2D eigenvalue weighted by Crippen LogP contribution is -2.22. The Morgan fingerprint density at radius 1 is 1.56 bits per heavy atom. The van der Waals surface area contributed by atoms with Crippen molar-refractivity contribution >= 4 is 0 Å². The largest absolute Gasteiger partial charge is 0.384 e. The quantitative estimate of drug-likeness (QED) is 0.565. The third-order valence-electron chi connectivity index (χ3n) is 2.38. The normalized spacial score (nSPS) is 23.3. The maximum atomic E-state index is 5.06. The SMILES string of the molecule is COCC(C)C1CCC1. The van der Waals surface area contributed by atoms with Gasteiger partial charge in [0.05, 0.1) is 0 Å². The van der Waals surface area contributed by atoms with E-state index in [0.29, 0.717) is 0 Å². The van der Waals surface area contributed by atoms with Crippen molar-refractivity contribution < 1.29 is 4.74 Å². The van der Waals surface area contributed by atoms with E-state index in [1.165, 1.54) is 19.3 Å². The van der Waals surface area contributed by atoms with Gasteiger partial charge in [0.1, 0.15) is 0 Å². The number of hydrogen-bond donors (Lipinski definition) is 0. The van der Waals surface area contributed by atoms with Gasteiger partial charge in [-0.1, -0.05) is 26.2 Å². The molecule has 0 amide bonds. The summed E-state index contributed by atoms with van der Waals surface area (Å²) in [5.74, 6) is 1.77. The highest BCUT2D eigenvalue weighted by atomic mass is 16.5. The van der Waals surface area contributed by atoms with Gasteiger partial charge < -0.3 is 4.74 Å². The number of hydrogen-bond acceptors (Lipinski definition) is 1. The Morgan fingerprint density at radius 2 is 2.22 bits per heavy atom. The van der Waals surface area contributed by atoms with E-state index in [1.54, 1.807) is 7.11 Å². The van der Waals surface area contributed by atoms with Gasteiger partial charge in [0.25, 0.3) is 0 Å². The summed E-state index contributed by atoms with van der Waals surface area (Å²) in [5, 5.41) is 0. The summed E-state index contributed by atoms with van der Waals surface area (Å²) in [5.41, 5.74) is 0. The summed E-state index contributed by atoms with van der Waals surface area (Å²) < 4.78 is 5.06. The smallest absolute Gasteiger partial charge is 0.0490 e. The molecule has 0 radical (unpaired) electrons. The first-order valence-electron chi connectivity index (χ1n) is 3.83. The van der Waals surface area contributed by atoms with Crippen molar-refractivity contribution in [3.63, 3.8) is 0 Å². The fourth-order valence-corrected chi connectivity index (χ4v) is 1.41. The minimum absolute atomic E-state index is 0.795. The van der Waals surface area contributed by atoms with E-state index in [9.17, 15) is 0 Å². The van der Waals surface area contributed by atoms with Crippen molar-refractivity contribution in [1.29, 1.82) is 0 Å². The molecule has 0 heterocycles. The molecule has 54 valence electrons. The minimum atomic E-state index is 0.795. The molecule has 0 aromatic heterocycles. The lowest BCUT2D eigenvalue weighted by Gasteiger charge is -2.30. The van der Waals surface area contributed by atoms with E-state index in [1.807, 2.05) is 0 Å². The molecule has 1 fully saturated rings. The Balaban J connectivity index is 2.08. The van der Waals surface area contributed by atoms with Crippen LogP contribution in [-0.4, -0.2) is 13.7 Å². The highest BCUT2D eigenvalue weighted by Gasteiger charge is 2.23. The lowest BCUT2D eigenvalue weighted by molar-refractivity contribution is 0.0983. The lowest BCUT2D eigenvalue weighted by atomic mass is 9.77. The van der Waals surface area contributed by atoms with Gasteiger partial charge in [-0.2, -0.15) is 0 Å². The predicted octanol–water partition coefficient (Wildman–Crippen LogP) is 2.07. The van der Waals surface area contributed by atoms with E-state index in [0.717, 1.165) is 18.4 Å². The molecule has 1 unspecified atom stereocenters. The Labute approximate surface area is 57.4 Å². The van der Waals surface area contributed by atoms with Gasteiger partial charge in [0.2, 0.25) is 0 Å². The zero-order valence-electron chi connectivity index (χ0n) is 6.39. The fraction of sp³-hybridized carbons (Fsp3) is 1.00. The van der Waals surface area contributed by atoms with Crippen LogP contribution in [0.2, 0.25) is 0 Å². The maximum Gasteiger partial charge on any atom is 0.0490 e. The van der Waals surface area contributed by atoms with Crippen LogP contribution in [0.5, 0.6) is 0 Å². The van der Waals surface area contributed by atoms with Crippen LogP contribution in [0.1, 0.15) is 26.2 Å². The first-order valence-corrected chi connectivity index (χ1v) is 3.83. The number of ether oxygens (including phenoxy) is 1. The fourth-order valence-electron chi connectivity index (χ4n) is 1.41. The summed E-state index contributed by atoms with van der Waals surface area (Å²) in [4.78, 5) is 0. The van der Waals surface area contributed by atoms with Crippen LogP contribution in [0.15, 0.2) is 0 Å². The van der Waals surface area contributed by atoms with Crippen LogP contribution in [0, 0.1) is 11.8 Å². The van der Waals surface area contributed by atoms with E-state index in [4.69, 9.17) is 4.74 Å². The zero-order chi connectivity index (χ0) is 6.69. The van der Waals surface area contributed by atoms with Gasteiger partial charge in [-0.05, 0) is 11.8 Å². The summed E-state index contributed by atoms with van der Waals surface area (Å²) in [6, 6.07) is 0. The molecule has 0 saturated heterocycles. The molecule has 0 spiro atoms. The monoisotopic (exact) mass is 128 g/mol. The molecule has 1 aliphatic rings. The first-order chi connectivity index (χ1) is 4.34. The Bertz CT molecular complexity index is 76.6. The molecular formula is C8H16O. The molecule has 1 aliphatic carbocycles. The Morgan fingerprint density at radius 3 is 2.56 bits per heavy atom. The average molecular weight is 128 g/mol. The van der Waals surface area contributed by atoms with Crippen LogP contribution in [-0.2, 0) is 4.74 Å². The Hall–Kier alpha value is -0.0400. The van der Waals surface area contributed by atoms with Crippen LogP contribution in [0.4, 0.5) is 0 Å². The molecule has 0 aliphatic heterocycles. The highest BCUT2D eigenvalue weighted by Crippen LogP contribution is 2.32. The molecule has 1 heteroatoms. The second kappa shape index (κ2) is 3.21. The predicted molar refractivity (Wildman–Crippen MR) is 38.4 cm³/mol. The van der Waals surface area contributed by atoms with E-state index in [2.05, 4.69) is 6.92 Å². The van der Waals surface area contributed by atoms with Gasteiger partial charge in [0.15, 0.2) is 0 Å². The molecule has 9 heavy (non-hydrogen) atoms. The van der Waals surface area contributed by atoms with Crippen molar-refractivity contribution in [3.8, 4) is 0 Å². The van der Waals surface area contributed by atoms with Gasteiger partial charge in [0, 0.05) is 13.7 Å². The molecule has 0 aromatic carbocycles. The van der Waals surface area contributed by atoms with Crippen LogP contribution in [0.3, 0.4) is 0 Å². The molecular weight excluding hydrogens is 112 g/mol. The standard InChI is InChI=1S/C8H16O/c1-7(6-9-2)8-4-3-5-8/h7-8H,3-6H2,1-2H3. The second-order valence-corrected chi connectivity index (χ2v) is 3.12. The van der Waals surface area contributed by atoms with E-state index >= 15 is 0 Å². The maximum absolute atomic E-state index is 5.06. The summed E-state index contributed by atoms with van der Waals surface area (Å²) in [6.45, 7) is 3.23. The van der Waals surface area contributed by atoms with Crippen LogP contribution < -0.4 is 0 Å². The van der Waals surface area contributed by atoms with E-state index in [-0.39, 0.29) is 0 Å². The zero-order valence-corrected chi connectivity index (χ0v) is 6.39. The van der Waals surface area contributed by atoms with Gasteiger partial charge in [-0.25, -0.2) is 0 Å². The van der Waals surface area contributed by atoms with E-state index < -0.39 is 0 Å². The third kappa shape index (κ3) is 1.68. The topological polar surface area (TPSA) is 9.23 Å². The van der Waals surface area contributed by atoms with Crippen LogP contribution >= 0.6 is 0 Å². The minimum Gasteiger partial charge on any atom is -0.384 e. The van der Waals surface area contributed by atoms with Crippen LogP contribution in [0.25, 0.3) is 0 Å². The summed E-state index contributed by atoms with van der Waals surface area (Å²) >= 11 is 0. The van der Waals surface area contributed by atoms with Gasteiger partial charge in [-0.15, -0.1) is 0 Å². The highest BCUT2D eigenvalue weighted by molar-refractivity contribution is 4.74. The summed E-state index contributed by atoms with van der Waals surface area (Å²) in [7, 11) is 1.79. The molecule has 0 N–H and O–H groups in total. The van der Waals surface area contributed by atoms with Crippen molar-refractivity contribution in [3.05, 3.63) is 0 Å². The number of methoxy groups -OCH3 is 1. The third-order valence-corrected chi connectivity index (χ3v) is 2.38. The Kier molecular flexibility index (Phi) is 2.52. The van der Waals surface area contributed by atoms with Gasteiger partial charge >= 0.3 is 0 Å². The number of rotatable bonds is 3. The van der Waals surface area contributed by atoms with Crippen molar-refractivity contribution in [1.82, 2.24) is 0 Å². The van der Waals surface area contributed by atoms with Crippen molar-refractivity contribution in [2.45, 2.75) is 26.2 Å². The molecule has 1 nitrogen and oxygen atoms in total. The molecule has 1 atom stereocenters. The molecule has 1 saturated carbocycles.